The van der Waals surface area contributed by atoms with Gasteiger partial charge >= 0.3 is 0 Å². The Balaban J connectivity index is 1.83. The van der Waals surface area contributed by atoms with Crippen molar-refractivity contribution in [2.75, 3.05) is 0 Å². The molecule has 0 aliphatic heterocycles. The molecule has 0 heterocycles. The van der Waals surface area contributed by atoms with Crippen molar-refractivity contribution in [1.82, 2.24) is 5.32 Å². The molecule has 0 aromatic heterocycles. The van der Waals surface area contributed by atoms with Gasteiger partial charge in [-0.1, -0.05) is 38.5 Å². The highest BCUT2D eigenvalue weighted by molar-refractivity contribution is 6.21. The fourth-order valence-corrected chi connectivity index (χ4v) is 3.43. The van der Waals surface area contributed by atoms with E-state index in [2.05, 4.69) is 5.32 Å². The molecule has 2 rings (SSSR count). The van der Waals surface area contributed by atoms with E-state index in [1.165, 1.54) is 38.5 Å². The molecule has 0 saturated heterocycles. The molecule has 1 amide bonds. The van der Waals surface area contributed by atoms with E-state index in [-0.39, 0.29) is 23.2 Å². The summed E-state index contributed by atoms with van der Waals surface area (Å²) in [7, 11) is 0. The first-order valence-electron chi connectivity index (χ1n) is 7.22. The average Bonchev–Trinajstić information content (AvgIpc) is 2.56. The van der Waals surface area contributed by atoms with Crippen molar-refractivity contribution < 1.29 is 4.79 Å². The van der Waals surface area contributed by atoms with E-state index in [0.717, 1.165) is 25.7 Å². The Kier molecular flexibility index (Phi) is 5.15. The fraction of sp³-hybridized carbons (Fsp3) is 0.929. The average molecular weight is 258 g/mol. The molecule has 2 nitrogen and oxygen atoms in total. The number of halogens is 1. The molecule has 0 bridgehead atoms. The van der Waals surface area contributed by atoms with Crippen molar-refractivity contribution in [2.45, 2.75) is 75.6 Å². The molecule has 2 fully saturated rings. The van der Waals surface area contributed by atoms with Gasteiger partial charge in [-0.25, -0.2) is 0 Å². The molecule has 2 atom stereocenters. The van der Waals surface area contributed by atoms with Gasteiger partial charge in [-0.15, -0.1) is 11.6 Å². The largest absolute Gasteiger partial charge is 0.352 e. The van der Waals surface area contributed by atoms with Crippen molar-refractivity contribution >= 4 is 17.5 Å². The van der Waals surface area contributed by atoms with Gasteiger partial charge in [-0.05, 0) is 25.7 Å². The highest BCUT2D eigenvalue weighted by atomic mass is 35.5. The number of hydrogen-bond acceptors (Lipinski definition) is 1. The number of alkyl halides is 1. The molecule has 2 unspecified atom stereocenters. The summed E-state index contributed by atoms with van der Waals surface area (Å²) < 4.78 is 0. The van der Waals surface area contributed by atoms with Crippen molar-refractivity contribution in [1.29, 1.82) is 0 Å². The minimum atomic E-state index is 0.144. The van der Waals surface area contributed by atoms with Crippen LogP contribution in [-0.2, 0) is 4.79 Å². The lowest BCUT2D eigenvalue weighted by atomic mass is 9.88. The van der Waals surface area contributed by atoms with Crippen LogP contribution in [0.3, 0.4) is 0 Å². The Labute approximate surface area is 109 Å². The highest BCUT2D eigenvalue weighted by Gasteiger charge is 2.27. The Morgan fingerprint density at radius 3 is 2.18 bits per heavy atom. The molecule has 0 radical (unpaired) electrons. The van der Waals surface area contributed by atoms with Crippen LogP contribution in [0.5, 0.6) is 0 Å². The van der Waals surface area contributed by atoms with Crippen molar-refractivity contribution in [3.05, 3.63) is 0 Å². The molecule has 0 aromatic rings. The fourth-order valence-electron chi connectivity index (χ4n) is 3.09. The summed E-state index contributed by atoms with van der Waals surface area (Å²) in [6.07, 6.45) is 11.7. The van der Waals surface area contributed by atoms with Crippen LogP contribution >= 0.6 is 11.6 Å². The number of rotatable bonds is 2. The first kappa shape index (κ1) is 13.2. The summed E-state index contributed by atoms with van der Waals surface area (Å²) in [5, 5.41) is 3.35. The summed E-state index contributed by atoms with van der Waals surface area (Å²) in [6, 6.07) is 0.216. The van der Waals surface area contributed by atoms with Crippen LogP contribution in [0.25, 0.3) is 0 Å². The molecule has 17 heavy (non-hydrogen) atoms. The third-order valence-electron chi connectivity index (χ3n) is 4.24. The van der Waals surface area contributed by atoms with E-state index in [1.54, 1.807) is 0 Å². The Morgan fingerprint density at radius 1 is 0.882 bits per heavy atom. The van der Waals surface area contributed by atoms with E-state index in [0.29, 0.717) is 0 Å². The predicted molar refractivity (Wildman–Crippen MR) is 71.2 cm³/mol. The van der Waals surface area contributed by atoms with Crippen LogP contribution in [-0.4, -0.2) is 17.3 Å². The van der Waals surface area contributed by atoms with Gasteiger partial charge in [0.25, 0.3) is 0 Å². The lowest BCUT2D eigenvalue weighted by Gasteiger charge is -2.26. The first-order valence-corrected chi connectivity index (χ1v) is 7.65. The maximum Gasteiger partial charge on any atom is 0.223 e. The topological polar surface area (TPSA) is 29.1 Å². The number of carbonyl (C=O) groups is 1. The standard InChI is InChI=1S/C14H24ClNO/c15-12-9-5-2-6-10-13(12)16-14(17)11-7-3-1-4-8-11/h11-13H,1-10H2,(H,16,17). The van der Waals surface area contributed by atoms with Crippen LogP contribution in [0.1, 0.15) is 64.2 Å². The lowest BCUT2D eigenvalue weighted by molar-refractivity contribution is -0.126. The molecule has 0 aromatic carbocycles. The molecule has 0 spiro atoms. The summed E-state index contributed by atoms with van der Waals surface area (Å²) in [5.74, 6) is 0.526. The zero-order valence-corrected chi connectivity index (χ0v) is 11.3. The molecular weight excluding hydrogens is 234 g/mol. The maximum atomic E-state index is 12.2. The molecule has 2 saturated carbocycles. The minimum absolute atomic E-state index is 0.144. The summed E-state index contributed by atoms with van der Waals surface area (Å²) in [5.41, 5.74) is 0. The normalized spacial score (nSPS) is 31.8. The van der Waals surface area contributed by atoms with Crippen LogP contribution < -0.4 is 5.32 Å². The van der Waals surface area contributed by atoms with Crippen molar-refractivity contribution in [2.24, 2.45) is 5.92 Å². The molecule has 2 aliphatic carbocycles. The van der Waals surface area contributed by atoms with Crippen LogP contribution in [0.2, 0.25) is 0 Å². The van der Waals surface area contributed by atoms with Crippen molar-refractivity contribution in [3.8, 4) is 0 Å². The Bertz CT molecular complexity index is 251. The lowest BCUT2D eigenvalue weighted by Crippen LogP contribution is -2.43. The Morgan fingerprint density at radius 2 is 1.47 bits per heavy atom. The van der Waals surface area contributed by atoms with Gasteiger partial charge in [0.05, 0.1) is 5.38 Å². The van der Waals surface area contributed by atoms with Gasteiger partial charge in [-0.2, -0.15) is 0 Å². The van der Waals surface area contributed by atoms with E-state index in [9.17, 15) is 4.79 Å². The van der Waals surface area contributed by atoms with Crippen LogP contribution in [0.4, 0.5) is 0 Å². The van der Waals surface area contributed by atoms with Gasteiger partial charge in [0.2, 0.25) is 5.91 Å². The first-order chi connectivity index (χ1) is 8.27. The van der Waals surface area contributed by atoms with E-state index in [4.69, 9.17) is 11.6 Å². The highest BCUT2D eigenvalue weighted by Crippen LogP contribution is 2.26. The quantitative estimate of drug-likeness (QED) is 0.594. The zero-order valence-electron chi connectivity index (χ0n) is 10.6. The van der Waals surface area contributed by atoms with E-state index in [1.807, 2.05) is 0 Å². The van der Waals surface area contributed by atoms with Gasteiger partial charge in [-0.3, -0.25) is 4.79 Å². The van der Waals surface area contributed by atoms with Gasteiger partial charge in [0.1, 0.15) is 0 Å². The Hall–Kier alpha value is -0.240. The molecule has 3 heteroatoms. The maximum absolute atomic E-state index is 12.2. The number of carbonyl (C=O) groups excluding carboxylic acids is 1. The van der Waals surface area contributed by atoms with Gasteiger partial charge in [0, 0.05) is 12.0 Å². The van der Waals surface area contributed by atoms with Crippen molar-refractivity contribution in [3.63, 3.8) is 0 Å². The number of amides is 1. The smallest absolute Gasteiger partial charge is 0.223 e. The molecular formula is C14H24ClNO. The predicted octanol–water partition coefficient (Wildman–Crippen LogP) is 3.62. The second-order valence-electron chi connectivity index (χ2n) is 5.60. The van der Waals surface area contributed by atoms with Gasteiger partial charge in [0.15, 0.2) is 0 Å². The third kappa shape index (κ3) is 3.87. The molecule has 1 N–H and O–H groups in total. The number of hydrogen-bond donors (Lipinski definition) is 1. The number of nitrogens with one attached hydrogen (secondary N) is 1. The molecule has 98 valence electrons. The second kappa shape index (κ2) is 6.63. The second-order valence-corrected chi connectivity index (χ2v) is 6.16. The zero-order chi connectivity index (χ0) is 12.1. The monoisotopic (exact) mass is 257 g/mol. The SMILES string of the molecule is O=C(NC1CCCCCC1Cl)C1CCCCC1. The minimum Gasteiger partial charge on any atom is -0.352 e. The summed E-state index contributed by atoms with van der Waals surface area (Å²) in [6.45, 7) is 0. The summed E-state index contributed by atoms with van der Waals surface area (Å²) in [4.78, 5) is 12.2. The summed E-state index contributed by atoms with van der Waals surface area (Å²) >= 11 is 6.36. The van der Waals surface area contributed by atoms with Crippen LogP contribution in [0, 0.1) is 5.92 Å². The van der Waals surface area contributed by atoms with Gasteiger partial charge < -0.3 is 5.32 Å². The van der Waals surface area contributed by atoms with E-state index < -0.39 is 0 Å². The molecule has 2 aliphatic rings. The van der Waals surface area contributed by atoms with E-state index >= 15 is 0 Å². The van der Waals surface area contributed by atoms with Crippen LogP contribution in [0.15, 0.2) is 0 Å². The third-order valence-corrected chi connectivity index (χ3v) is 4.76.